The smallest absolute Gasteiger partial charge is 0.331 e. The average Bonchev–Trinajstić information content (AvgIpc) is 2.65. The molecule has 0 spiro atoms. The molecular formula is C19H15BrN2O4. The molecule has 2 aromatic rings. The van der Waals surface area contributed by atoms with E-state index >= 15 is 0 Å². The quantitative estimate of drug-likeness (QED) is 0.552. The van der Waals surface area contributed by atoms with Gasteiger partial charge in [-0.3, -0.25) is 4.79 Å². The number of carbonyl (C=O) groups is 2. The van der Waals surface area contributed by atoms with Crippen LogP contribution in [0.15, 0.2) is 59.1 Å². The second-order valence-electron chi connectivity index (χ2n) is 4.98. The third-order valence-corrected chi connectivity index (χ3v) is 3.78. The molecule has 0 aromatic heterocycles. The van der Waals surface area contributed by atoms with Crippen molar-refractivity contribution in [3.63, 3.8) is 0 Å². The second kappa shape index (κ2) is 10.0. The first-order valence-electron chi connectivity index (χ1n) is 7.57. The van der Waals surface area contributed by atoms with Crippen LogP contribution in [0.2, 0.25) is 0 Å². The summed E-state index contributed by atoms with van der Waals surface area (Å²) in [4.78, 5) is 23.5. The maximum atomic E-state index is 11.8. The van der Waals surface area contributed by atoms with Gasteiger partial charge in [0.25, 0.3) is 5.91 Å². The van der Waals surface area contributed by atoms with Gasteiger partial charge in [0, 0.05) is 10.5 Å². The lowest BCUT2D eigenvalue weighted by molar-refractivity contribution is -0.142. The van der Waals surface area contributed by atoms with Gasteiger partial charge in [0.2, 0.25) is 0 Å². The van der Waals surface area contributed by atoms with Crippen molar-refractivity contribution < 1.29 is 19.1 Å². The van der Waals surface area contributed by atoms with Crippen molar-refractivity contribution in [2.75, 3.05) is 18.5 Å². The summed E-state index contributed by atoms with van der Waals surface area (Å²) in [7, 11) is 0. The highest BCUT2D eigenvalue weighted by Crippen LogP contribution is 2.20. The first-order chi connectivity index (χ1) is 12.6. The van der Waals surface area contributed by atoms with E-state index in [2.05, 4.69) is 21.2 Å². The van der Waals surface area contributed by atoms with Crippen LogP contribution in [0.3, 0.4) is 0 Å². The van der Waals surface area contributed by atoms with Crippen molar-refractivity contribution in [1.29, 1.82) is 5.26 Å². The van der Waals surface area contributed by atoms with Crippen molar-refractivity contribution in [2.24, 2.45) is 0 Å². The van der Waals surface area contributed by atoms with Crippen LogP contribution in [0, 0.1) is 11.3 Å². The fraction of sp³-hybridized carbons (Fsp3) is 0.105. The molecule has 0 atom stereocenters. The van der Waals surface area contributed by atoms with Gasteiger partial charge in [-0.1, -0.05) is 24.3 Å². The molecule has 1 amide bonds. The fourth-order valence-corrected chi connectivity index (χ4v) is 2.27. The maximum absolute atomic E-state index is 11.8. The summed E-state index contributed by atoms with van der Waals surface area (Å²) in [5, 5.41) is 11.1. The number of hydrogen-bond donors (Lipinski definition) is 1. The zero-order valence-corrected chi connectivity index (χ0v) is 15.2. The van der Waals surface area contributed by atoms with Gasteiger partial charge in [-0.2, -0.15) is 5.26 Å². The van der Waals surface area contributed by atoms with Gasteiger partial charge >= 0.3 is 5.97 Å². The number of anilines is 1. The summed E-state index contributed by atoms with van der Waals surface area (Å²) in [6.45, 7) is -0.408. The van der Waals surface area contributed by atoms with Crippen LogP contribution >= 0.6 is 15.9 Å². The predicted molar refractivity (Wildman–Crippen MR) is 100 cm³/mol. The molecule has 0 saturated heterocycles. The Balaban J connectivity index is 1.79. The summed E-state index contributed by atoms with van der Waals surface area (Å²) in [6, 6.07) is 15.9. The molecule has 2 rings (SSSR count). The van der Waals surface area contributed by atoms with Gasteiger partial charge in [0.1, 0.15) is 11.8 Å². The molecule has 132 valence electrons. The van der Waals surface area contributed by atoms with Crippen LogP contribution in [-0.4, -0.2) is 25.1 Å². The molecule has 0 unspecified atom stereocenters. The standard InChI is InChI=1S/C19H15BrN2O4/c20-16-3-1-2-4-17(16)22-18(23)13-26-19(24)10-7-14-5-8-15(9-6-14)25-12-11-21/h1-10H,12-13H2,(H,22,23)/b10-7+. The third kappa shape index (κ3) is 6.42. The van der Waals surface area contributed by atoms with Gasteiger partial charge < -0.3 is 14.8 Å². The molecular weight excluding hydrogens is 400 g/mol. The number of benzene rings is 2. The molecule has 6 nitrogen and oxygen atoms in total. The van der Waals surface area contributed by atoms with Crippen LogP contribution in [-0.2, 0) is 14.3 Å². The summed E-state index contributed by atoms with van der Waals surface area (Å²) in [6.07, 6.45) is 2.79. The fourth-order valence-electron chi connectivity index (χ4n) is 1.89. The van der Waals surface area contributed by atoms with Crippen LogP contribution in [0.4, 0.5) is 5.69 Å². The highest BCUT2D eigenvalue weighted by atomic mass is 79.9. The van der Waals surface area contributed by atoms with Gasteiger partial charge in [-0.15, -0.1) is 0 Å². The Morgan fingerprint density at radius 1 is 1.15 bits per heavy atom. The highest BCUT2D eigenvalue weighted by Gasteiger charge is 2.07. The molecule has 2 aromatic carbocycles. The number of nitrogens with one attached hydrogen (secondary N) is 1. The first-order valence-corrected chi connectivity index (χ1v) is 8.37. The topological polar surface area (TPSA) is 88.4 Å². The maximum Gasteiger partial charge on any atom is 0.331 e. The number of ether oxygens (including phenoxy) is 2. The summed E-state index contributed by atoms with van der Waals surface area (Å²) in [5.41, 5.74) is 1.35. The van der Waals surface area contributed by atoms with Crippen molar-refractivity contribution in [1.82, 2.24) is 0 Å². The Labute approximate surface area is 159 Å². The average molecular weight is 415 g/mol. The molecule has 0 saturated carbocycles. The van der Waals surface area contributed by atoms with Gasteiger partial charge in [0.15, 0.2) is 13.2 Å². The van der Waals surface area contributed by atoms with Gasteiger partial charge in [0.05, 0.1) is 5.69 Å². The summed E-state index contributed by atoms with van der Waals surface area (Å²) < 4.78 is 10.8. The van der Waals surface area contributed by atoms with E-state index in [0.29, 0.717) is 11.4 Å². The number of nitriles is 1. The molecule has 26 heavy (non-hydrogen) atoms. The largest absolute Gasteiger partial charge is 0.479 e. The molecule has 0 heterocycles. The van der Waals surface area contributed by atoms with Gasteiger partial charge in [-0.05, 0) is 51.8 Å². The Morgan fingerprint density at radius 3 is 2.58 bits per heavy atom. The van der Waals surface area contributed by atoms with Crippen LogP contribution in [0.5, 0.6) is 5.75 Å². The van der Waals surface area contributed by atoms with Crippen molar-refractivity contribution in [3.8, 4) is 11.8 Å². The van der Waals surface area contributed by atoms with E-state index in [1.165, 1.54) is 6.08 Å². The van der Waals surface area contributed by atoms with Gasteiger partial charge in [-0.25, -0.2) is 4.79 Å². The molecule has 0 radical (unpaired) electrons. The Bertz CT molecular complexity index is 841. The van der Waals surface area contributed by atoms with Crippen LogP contribution in [0.1, 0.15) is 5.56 Å². The normalized spacial score (nSPS) is 10.2. The minimum atomic E-state index is -0.628. The number of nitrogens with zero attached hydrogens (tertiary/aromatic N) is 1. The van der Waals surface area contributed by atoms with E-state index in [4.69, 9.17) is 14.7 Å². The molecule has 1 N–H and O–H groups in total. The van der Waals surface area contributed by atoms with E-state index in [1.807, 2.05) is 12.1 Å². The van der Waals surface area contributed by atoms with E-state index in [0.717, 1.165) is 10.0 Å². The van der Waals surface area contributed by atoms with Crippen molar-refractivity contribution in [2.45, 2.75) is 0 Å². The van der Waals surface area contributed by atoms with Crippen LogP contribution in [0.25, 0.3) is 6.08 Å². The number of carbonyl (C=O) groups excluding carboxylic acids is 2. The summed E-state index contributed by atoms with van der Waals surface area (Å²) >= 11 is 3.32. The molecule has 7 heteroatoms. The Hall–Kier alpha value is -3.11. The first kappa shape index (κ1) is 19.2. The van der Waals surface area contributed by atoms with E-state index < -0.39 is 11.9 Å². The number of halogens is 1. The number of amides is 1. The molecule has 0 bridgehead atoms. The lowest BCUT2D eigenvalue weighted by Gasteiger charge is -2.07. The SMILES string of the molecule is N#CCOc1ccc(/C=C/C(=O)OCC(=O)Nc2ccccc2Br)cc1. The molecule has 0 aliphatic rings. The monoisotopic (exact) mass is 414 g/mol. The van der Waals surface area contributed by atoms with Crippen molar-refractivity contribution in [3.05, 3.63) is 64.6 Å². The number of para-hydroxylation sites is 1. The summed E-state index contributed by atoms with van der Waals surface area (Å²) in [5.74, 6) is -0.496. The highest BCUT2D eigenvalue weighted by molar-refractivity contribution is 9.10. The Kier molecular flexibility index (Phi) is 7.40. The van der Waals surface area contributed by atoms with E-state index in [-0.39, 0.29) is 13.2 Å². The zero-order valence-electron chi connectivity index (χ0n) is 13.6. The number of hydrogen-bond acceptors (Lipinski definition) is 5. The van der Waals surface area contributed by atoms with Crippen LogP contribution < -0.4 is 10.1 Å². The minimum Gasteiger partial charge on any atom is -0.479 e. The zero-order chi connectivity index (χ0) is 18.8. The number of esters is 1. The number of rotatable bonds is 7. The Morgan fingerprint density at radius 2 is 1.88 bits per heavy atom. The predicted octanol–water partition coefficient (Wildman–Crippen LogP) is 3.55. The minimum absolute atomic E-state index is 0.0247. The van der Waals surface area contributed by atoms with E-state index in [1.54, 1.807) is 48.5 Å². The van der Waals surface area contributed by atoms with Crippen molar-refractivity contribution >= 4 is 39.6 Å². The van der Waals surface area contributed by atoms with E-state index in [9.17, 15) is 9.59 Å². The lowest BCUT2D eigenvalue weighted by atomic mass is 10.2. The lowest BCUT2D eigenvalue weighted by Crippen LogP contribution is -2.20. The molecule has 0 aliphatic carbocycles. The third-order valence-electron chi connectivity index (χ3n) is 3.09. The second-order valence-corrected chi connectivity index (χ2v) is 5.84. The molecule has 0 aliphatic heterocycles. The molecule has 0 fully saturated rings.